The van der Waals surface area contributed by atoms with Crippen molar-refractivity contribution in [3.8, 4) is 11.4 Å². The minimum absolute atomic E-state index is 0.378. The fourth-order valence-corrected chi connectivity index (χ4v) is 2.44. The number of nitrogens with one attached hydrogen (secondary N) is 1. The molecule has 1 heterocycles. The second-order valence-corrected chi connectivity index (χ2v) is 5.74. The topological polar surface area (TPSA) is 37.8 Å². The van der Waals surface area contributed by atoms with Crippen LogP contribution in [0.1, 0.15) is 25.8 Å². The highest BCUT2D eigenvalue weighted by molar-refractivity contribution is 5.90. The zero-order valence-electron chi connectivity index (χ0n) is 13.3. The molecule has 1 N–H and O–H groups in total. The van der Waals surface area contributed by atoms with Gasteiger partial charge in [-0.05, 0) is 38.5 Å². The Bertz CT molecular complexity index is 796. The number of para-hydroxylation sites is 1. The molecule has 0 aliphatic rings. The maximum atomic E-state index is 4.78. The summed E-state index contributed by atoms with van der Waals surface area (Å²) in [5.41, 5.74) is 3.24. The Labute approximate surface area is 131 Å². The predicted octanol–water partition coefficient (Wildman–Crippen LogP) is 4.82. The molecule has 1 atom stereocenters. The van der Waals surface area contributed by atoms with E-state index in [0.717, 1.165) is 34.5 Å². The van der Waals surface area contributed by atoms with Crippen LogP contribution in [0.25, 0.3) is 22.3 Å². The number of aromatic nitrogens is 2. The van der Waals surface area contributed by atoms with Crippen LogP contribution < -0.4 is 5.32 Å². The second kappa shape index (κ2) is 6.14. The Balaban J connectivity index is 2.16. The van der Waals surface area contributed by atoms with Gasteiger partial charge in [0.25, 0.3) is 0 Å². The number of benzene rings is 2. The van der Waals surface area contributed by atoms with E-state index in [0.29, 0.717) is 6.04 Å². The molecule has 0 fully saturated rings. The molecule has 22 heavy (non-hydrogen) atoms. The average Bonchev–Trinajstić information content (AvgIpc) is 2.54. The highest BCUT2D eigenvalue weighted by atomic mass is 15.0. The van der Waals surface area contributed by atoms with Crippen LogP contribution in [0.15, 0.2) is 48.5 Å². The molecule has 2 aromatic carbocycles. The van der Waals surface area contributed by atoms with Gasteiger partial charge in [-0.2, -0.15) is 0 Å². The van der Waals surface area contributed by atoms with Crippen molar-refractivity contribution in [2.24, 2.45) is 0 Å². The van der Waals surface area contributed by atoms with Crippen LogP contribution in [0.5, 0.6) is 0 Å². The van der Waals surface area contributed by atoms with Crippen LogP contribution in [0.3, 0.4) is 0 Å². The van der Waals surface area contributed by atoms with Crippen molar-refractivity contribution in [1.82, 2.24) is 9.97 Å². The van der Waals surface area contributed by atoms with E-state index < -0.39 is 0 Å². The van der Waals surface area contributed by atoms with Crippen molar-refractivity contribution in [3.63, 3.8) is 0 Å². The van der Waals surface area contributed by atoms with E-state index in [4.69, 9.17) is 9.97 Å². The van der Waals surface area contributed by atoms with Crippen molar-refractivity contribution in [3.05, 3.63) is 54.1 Å². The van der Waals surface area contributed by atoms with E-state index >= 15 is 0 Å². The molecule has 0 saturated carbocycles. The molecule has 1 aromatic heterocycles. The quantitative estimate of drug-likeness (QED) is 0.749. The van der Waals surface area contributed by atoms with Gasteiger partial charge in [0.1, 0.15) is 5.82 Å². The van der Waals surface area contributed by atoms with Gasteiger partial charge in [0.15, 0.2) is 5.82 Å². The van der Waals surface area contributed by atoms with E-state index in [2.05, 4.69) is 50.4 Å². The standard InChI is InChI=1S/C19H21N3/c1-4-14(3)20-19-16-10-5-6-11-17(16)21-18(22-19)15-9-7-8-13(2)12-15/h5-12,14H,4H2,1-3H3,(H,20,21,22). The van der Waals surface area contributed by atoms with Gasteiger partial charge in [-0.25, -0.2) is 9.97 Å². The largest absolute Gasteiger partial charge is 0.367 e. The number of fused-ring (bicyclic) bond motifs is 1. The summed E-state index contributed by atoms with van der Waals surface area (Å²) >= 11 is 0. The Morgan fingerprint density at radius 2 is 1.86 bits per heavy atom. The lowest BCUT2D eigenvalue weighted by Crippen LogP contribution is -2.15. The zero-order chi connectivity index (χ0) is 15.5. The molecule has 3 heteroatoms. The number of hydrogen-bond acceptors (Lipinski definition) is 3. The van der Waals surface area contributed by atoms with Crippen molar-refractivity contribution >= 4 is 16.7 Å². The molecule has 0 bridgehead atoms. The number of aryl methyl sites for hydroxylation is 1. The van der Waals surface area contributed by atoms with Gasteiger partial charge < -0.3 is 5.32 Å². The minimum Gasteiger partial charge on any atom is -0.367 e. The third-order valence-electron chi connectivity index (χ3n) is 3.87. The van der Waals surface area contributed by atoms with Crippen molar-refractivity contribution in [2.75, 3.05) is 5.32 Å². The first-order valence-corrected chi connectivity index (χ1v) is 7.77. The summed E-state index contributed by atoms with van der Waals surface area (Å²) < 4.78 is 0. The highest BCUT2D eigenvalue weighted by Gasteiger charge is 2.10. The first-order chi connectivity index (χ1) is 10.7. The van der Waals surface area contributed by atoms with Gasteiger partial charge in [0.05, 0.1) is 5.52 Å². The van der Waals surface area contributed by atoms with Crippen molar-refractivity contribution in [2.45, 2.75) is 33.2 Å². The second-order valence-electron chi connectivity index (χ2n) is 5.74. The van der Waals surface area contributed by atoms with Crippen molar-refractivity contribution in [1.29, 1.82) is 0 Å². The molecular weight excluding hydrogens is 270 g/mol. The lowest BCUT2D eigenvalue weighted by Gasteiger charge is -2.15. The molecule has 0 saturated heterocycles. The summed E-state index contributed by atoms with van der Waals surface area (Å²) in [6.07, 6.45) is 1.05. The molecule has 3 rings (SSSR count). The third kappa shape index (κ3) is 2.93. The molecule has 112 valence electrons. The summed E-state index contributed by atoms with van der Waals surface area (Å²) in [5, 5.41) is 4.58. The molecule has 3 aromatic rings. The van der Waals surface area contributed by atoms with Crippen molar-refractivity contribution < 1.29 is 0 Å². The Hall–Kier alpha value is -2.42. The first-order valence-electron chi connectivity index (χ1n) is 7.77. The average molecular weight is 291 g/mol. The van der Waals surface area contributed by atoms with Crippen LogP contribution in [0.2, 0.25) is 0 Å². The van der Waals surface area contributed by atoms with Crippen LogP contribution in [-0.4, -0.2) is 16.0 Å². The maximum absolute atomic E-state index is 4.78. The Morgan fingerprint density at radius 3 is 2.64 bits per heavy atom. The first kappa shape index (κ1) is 14.5. The van der Waals surface area contributed by atoms with Gasteiger partial charge in [-0.3, -0.25) is 0 Å². The minimum atomic E-state index is 0.378. The van der Waals surface area contributed by atoms with Crippen LogP contribution in [0, 0.1) is 6.92 Å². The molecule has 0 amide bonds. The number of rotatable bonds is 4. The smallest absolute Gasteiger partial charge is 0.162 e. The summed E-state index contributed by atoms with van der Waals surface area (Å²) in [6, 6.07) is 16.8. The van der Waals surface area contributed by atoms with E-state index in [9.17, 15) is 0 Å². The Morgan fingerprint density at radius 1 is 1.05 bits per heavy atom. The van der Waals surface area contributed by atoms with Gasteiger partial charge in [-0.1, -0.05) is 42.8 Å². The van der Waals surface area contributed by atoms with Gasteiger partial charge in [-0.15, -0.1) is 0 Å². The maximum Gasteiger partial charge on any atom is 0.162 e. The molecular formula is C19H21N3. The van der Waals surface area contributed by atoms with Crippen LogP contribution >= 0.6 is 0 Å². The monoisotopic (exact) mass is 291 g/mol. The third-order valence-corrected chi connectivity index (χ3v) is 3.87. The van der Waals surface area contributed by atoms with Gasteiger partial charge in [0.2, 0.25) is 0 Å². The summed E-state index contributed by atoms with van der Waals surface area (Å²) in [5.74, 6) is 1.68. The van der Waals surface area contributed by atoms with Crippen LogP contribution in [-0.2, 0) is 0 Å². The fraction of sp³-hybridized carbons (Fsp3) is 0.263. The summed E-state index contributed by atoms with van der Waals surface area (Å²) in [6.45, 7) is 6.43. The summed E-state index contributed by atoms with van der Waals surface area (Å²) in [7, 11) is 0. The predicted molar refractivity (Wildman–Crippen MR) is 93.1 cm³/mol. The van der Waals surface area contributed by atoms with E-state index in [-0.39, 0.29) is 0 Å². The SMILES string of the molecule is CCC(C)Nc1nc(-c2cccc(C)c2)nc2ccccc12. The van der Waals surface area contributed by atoms with E-state index in [1.165, 1.54) is 5.56 Å². The molecule has 0 spiro atoms. The molecule has 0 aliphatic carbocycles. The molecule has 0 aliphatic heterocycles. The lowest BCUT2D eigenvalue weighted by atomic mass is 10.1. The molecule has 3 nitrogen and oxygen atoms in total. The number of nitrogens with zero attached hydrogens (tertiary/aromatic N) is 2. The number of anilines is 1. The Kier molecular flexibility index (Phi) is 4.05. The molecule has 1 unspecified atom stereocenters. The highest BCUT2D eigenvalue weighted by Crippen LogP contribution is 2.25. The van der Waals surface area contributed by atoms with E-state index in [1.807, 2.05) is 24.3 Å². The van der Waals surface area contributed by atoms with E-state index in [1.54, 1.807) is 0 Å². The van der Waals surface area contributed by atoms with Crippen LogP contribution in [0.4, 0.5) is 5.82 Å². The number of hydrogen-bond donors (Lipinski definition) is 1. The fourth-order valence-electron chi connectivity index (χ4n) is 2.44. The zero-order valence-corrected chi connectivity index (χ0v) is 13.3. The van der Waals surface area contributed by atoms with Gasteiger partial charge in [0, 0.05) is 17.0 Å². The lowest BCUT2D eigenvalue weighted by molar-refractivity contribution is 0.760. The van der Waals surface area contributed by atoms with Gasteiger partial charge >= 0.3 is 0 Å². The summed E-state index contributed by atoms with van der Waals surface area (Å²) in [4.78, 5) is 9.51. The molecule has 0 radical (unpaired) electrons. The normalized spacial score (nSPS) is 12.3.